The Morgan fingerprint density at radius 2 is 1.95 bits per heavy atom. The highest BCUT2D eigenvalue weighted by molar-refractivity contribution is 5.95. The summed E-state index contributed by atoms with van der Waals surface area (Å²) >= 11 is 0. The molecular weight excluding hydrogens is 282 g/mol. The summed E-state index contributed by atoms with van der Waals surface area (Å²) in [7, 11) is 0. The Morgan fingerprint density at radius 3 is 2.59 bits per heavy atom. The van der Waals surface area contributed by atoms with Crippen LogP contribution in [0.4, 0.5) is 5.69 Å². The standard InChI is InChI=1S/C16H17N3O3/c1-10-2-3-12(9-20)14(15(10)21)8-18-19-16(22)11-4-6-13(17)7-5-11/h2-8,20-21H,9,17H2,1H3,(H,19,22)/b18-8-. The molecule has 1 amide bonds. The van der Waals surface area contributed by atoms with Crippen LogP contribution in [0.3, 0.4) is 0 Å². The third kappa shape index (κ3) is 3.42. The van der Waals surface area contributed by atoms with Crippen LogP contribution in [0.5, 0.6) is 5.75 Å². The van der Waals surface area contributed by atoms with E-state index in [0.717, 1.165) is 0 Å². The van der Waals surface area contributed by atoms with Crippen molar-refractivity contribution in [1.29, 1.82) is 0 Å². The number of phenolic OH excluding ortho intramolecular Hbond substituents is 1. The van der Waals surface area contributed by atoms with Gasteiger partial charge in [-0.3, -0.25) is 4.79 Å². The molecule has 5 N–H and O–H groups in total. The average molecular weight is 299 g/mol. The van der Waals surface area contributed by atoms with Gasteiger partial charge < -0.3 is 15.9 Å². The first-order valence-electron chi connectivity index (χ1n) is 6.64. The van der Waals surface area contributed by atoms with Crippen molar-refractivity contribution < 1.29 is 15.0 Å². The van der Waals surface area contributed by atoms with E-state index < -0.39 is 5.91 Å². The molecule has 0 saturated carbocycles. The number of nitrogens with zero attached hydrogens (tertiary/aromatic N) is 1. The fraction of sp³-hybridized carbons (Fsp3) is 0.125. The minimum atomic E-state index is -0.394. The van der Waals surface area contributed by atoms with Crippen LogP contribution < -0.4 is 11.2 Å². The Bertz CT molecular complexity index is 709. The van der Waals surface area contributed by atoms with Crippen LogP contribution >= 0.6 is 0 Å². The van der Waals surface area contributed by atoms with E-state index >= 15 is 0 Å². The van der Waals surface area contributed by atoms with Gasteiger partial charge in [-0.25, -0.2) is 5.43 Å². The number of carbonyl (C=O) groups is 1. The zero-order valence-corrected chi connectivity index (χ0v) is 12.1. The van der Waals surface area contributed by atoms with Crippen molar-refractivity contribution in [3.63, 3.8) is 0 Å². The lowest BCUT2D eigenvalue weighted by molar-refractivity contribution is 0.0955. The summed E-state index contributed by atoms with van der Waals surface area (Å²) in [4.78, 5) is 11.9. The summed E-state index contributed by atoms with van der Waals surface area (Å²) in [5.41, 5.74) is 10.5. The van der Waals surface area contributed by atoms with Crippen molar-refractivity contribution >= 4 is 17.8 Å². The van der Waals surface area contributed by atoms with E-state index in [1.165, 1.54) is 6.21 Å². The second-order valence-electron chi connectivity index (χ2n) is 4.78. The number of nitrogens with two attached hydrogens (primary N) is 1. The Morgan fingerprint density at radius 1 is 1.27 bits per heavy atom. The number of benzene rings is 2. The zero-order valence-electron chi connectivity index (χ0n) is 12.1. The van der Waals surface area contributed by atoms with Gasteiger partial charge in [-0.05, 0) is 42.3 Å². The van der Waals surface area contributed by atoms with E-state index in [4.69, 9.17) is 5.73 Å². The predicted octanol–water partition coefficient (Wildman–Crippen LogP) is 1.54. The topological polar surface area (TPSA) is 108 Å². The number of hydrogen-bond donors (Lipinski definition) is 4. The molecule has 6 nitrogen and oxygen atoms in total. The number of rotatable bonds is 4. The van der Waals surface area contributed by atoms with Gasteiger partial charge in [0.25, 0.3) is 5.91 Å². The van der Waals surface area contributed by atoms with Crippen molar-refractivity contribution in [1.82, 2.24) is 5.43 Å². The number of aromatic hydroxyl groups is 1. The number of anilines is 1. The summed E-state index contributed by atoms with van der Waals surface area (Å²) in [5.74, 6) is -0.369. The molecule has 2 aromatic rings. The molecule has 0 spiro atoms. The number of phenols is 1. The smallest absolute Gasteiger partial charge is 0.271 e. The van der Waals surface area contributed by atoms with Gasteiger partial charge in [0, 0.05) is 16.8 Å². The SMILES string of the molecule is Cc1ccc(CO)c(/C=N\NC(=O)c2ccc(N)cc2)c1O. The fourth-order valence-electron chi connectivity index (χ4n) is 1.90. The molecule has 0 bridgehead atoms. The minimum Gasteiger partial charge on any atom is -0.507 e. The third-order valence-electron chi connectivity index (χ3n) is 3.21. The number of carbonyl (C=O) groups excluding carboxylic acids is 1. The molecule has 0 aliphatic carbocycles. The predicted molar refractivity (Wildman–Crippen MR) is 84.7 cm³/mol. The van der Waals surface area contributed by atoms with Crippen molar-refractivity contribution in [3.05, 3.63) is 58.7 Å². The van der Waals surface area contributed by atoms with Crippen LogP contribution in [0.15, 0.2) is 41.5 Å². The fourth-order valence-corrected chi connectivity index (χ4v) is 1.90. The Balaban J connectivity index is 2.14. The summed E-state index contributed by atoms with van der Waals surface area (Å²) in [6.07, 6.45) is 1.31. The van der Waals surface area contributed by atoms with Crippen molar-refractivity contribution in [2.75, 3.05) is 5.73 Å². The summed E-state index contributed by atoms with van der Waals surface area (Å²) in [5, 5.41) is 23.1. The Hall–Kier alpha value is -2.86. The lowest BCUT2D eigenvalue weighted by atomic mass is 10.0. The van der Waals surface area contributed by atoms with Crippen molar-refractivity contribution in [2.24, 2.45) is 5.10 Å². The molecular formula is C16H17N3O3. The van der Waals surface area contributed by atoms with Crippen LogP contribution in [0.2, 0.25) is 0 Å². The van der Waals surface area contributed by atoms with E-state index in [1.54, 1.807) is 43.3 Å². The molecule has 6 heteroatoms. The van der Waals surface area contributed by atoms with Crippen molar-refractivity contribution in [2.45, 2.75) is 13.5 Å². The van der Waals surface area contributed by atoms with Gasteiger partial charge in [-0.15, -0.1) is 0 Å². The molecule has 0 aliphatic rings. The lowest BCUT2D eigenvalue weighted by Gasteiger charge is -2.08. The number of aliphatic hydroxyl groups is 1. The van der Waals surface area contributed by atoms with Gasteiger partial charge in [-0.2, -0.15) is 5.10 Å². The van der Waals surface area contributed by atoms with Gasteiger partial charge in [0.05, 0.1) is 12.8 Å². The highest BCUT2D eigenvalue weighted by atomic mass is 16.3. The first-order chi connectivity index (χ1) is 10.5. The highest BCUT2D eigenvalue weighted by Gasteiger charge is 2.08. The second-order valence-corrected chi connectivity index (χ2v) is 4.78. The normalized spacial score (nSPS) is 10.8. The van der Waals surface area contributed by atoms with Gasteiger partial charge in [0.15, 0.2) is 0 Å². The van der Waals surface area contributed by atoms with E-state index in [1.807, 2.05) is 0 Å². The number of hydrazone groups is 1. The maximum absolute atomic E-state index is 11.9. The first-order valence-corrected chi connectivity index (χ1v) is 6.64. The molecule has 2 aromatic carbocycles. The van der Waals surface area contributed by atoms with E-state index in [0.29, 0.717) is 27.9 Å². The zero-order chi connectivity index (χ0) is 16.1. The first kappa shape index (κ1) is 15.5. The van der Waals surface area contributed by atoms with Crippen LogP contribution in [0.25, 0.3) is 0 Å². The van der Waals surface area contributed by atoms with Gasteiger partial charge in [0.2, 0.25) is 0 Å². The second kappa shape index (κ2) is 6.73. The number of nitrogen functional groups attached to an aromatic ring is 1. The Kier molecular flexibility index (Phi) is 4.75. The maximum Gasteiger partial charge on any atom is 0.271 e. The number of hydrogen-bond acceptors (Lipinski definition) is 5. The third-order valence-corrected chi connectivity index (χ3v) is 3.21. The van der Waals surface area contributed by atoms with Crippen LogP contribution in [0.1, 0.15) is 27.0 Å². The molecule has 2 rings (SSSR count). The lowest BCUT2D eigenvalue weighted by Crippen LogP contribution is -2.17. The molecule has 0 saturated heterocycles. The number of aliphatic hydroxyl groups excluding tert-OH is 1. The van der Waals surface area contributed by atoms with Crippen LogP contribution in [-0.2, 0) is 6.61 Å². The quantitative estimate of drug-likeness (QED) is 0.390. The van der Waals surface area contributed by atoms with E-state index in [2.05, 4.69) is 10.5 Å². The molecule has 0 unspecified atom stereocenters. The van der Waals surface area contributed by atoms with E-state index in [-0.39, 0.29) is 12.4 Å². The highest BCUT2D eigenvalue weighted by Crippen LogP contribution is 2.23. The summed E-state index contributed by atoms with van der Waals surface area (Å²) in [6.45, 7) is 1.50. The monoisotopic (exact) mass is 299 g/mol. The minimum absolute atomic E-state index is 0.0250. The van der Waals surface area contributed by atoms with Gasteiger partial charge in [-0.1, -0.05) is 12.1 Å². The number of amides is 1. The summed E-state index contributed by atoms with van der Waals surface area (Å²) in [6, 6.07) is 9.81. The number of aryl methyl sites for hydroxylation is 1. The van der Waals surface area contributed by atoms with Crippen LogP contribution in [-0.4, -0.2) is 22.3 Å². The number of nitrogens with one attached hydrogen (secondary N) is 1. The van der Waals surface area contributed by atoms with Crippen molar-refractivity contribution in [3.8, 4) is 5.75 Å². The molecule has 0 fully saturated rings. The molecule has 0 heterocycles. The molecule has 22 heavy (non-hydrogen) atoms. The van der Waals surface area contributed by atoms with Crippen LogP contribution in [0, 0.1) is 6.92 Å². The maximum atomic E-state index is 11.9. The largest absolute Gasteiger partial charge is 0.507 e. The Labute approximate surface area is 127 Å². The molecule has 0 aromatic heterocycles. The van der Waals surface area contributed by atoms with Gasteiger partial charge in [0.1, 0.15) is 5.75 Å². The molecule has 0 atom stereocenters. The van der Waals surface area contributed by atoms with Gasteiger partial charge >= 0.3 is 0 Å². The average Bonchev–Trinajstić information content (AvgIpc) is 2.52. The van der Waals surface area contributed by atoms with E-state index in [9.17, 15) is 15.0 Å². The molecule has 114 valence electrons. The molecule has 0 aliphatic heterocycles. The molecule has 0 radical (unpaired) electrons. The summed E-state index contributed by atoms with van der Waals surface area (Å²) < 4.78 is 0.